The van der Waals surface area contributed by atoms with Gasteiger partial charge in [0, 0.05) is 12.4 Å². The first-order valence-electron chi connectivity index (χ1n) is 6.50. The number of carboxylic acids is 4. The van der Waals surface area contributed by atoms with Crippen molar-refractivity contribution < 1.29 is 44.7 Å². The summed E-state index contributed by atoms with van der Waals surface area (Å²) in [4.78, 5) is 40.3. The van der Waals surface area contributed by atoms with Gasteiger partial charge in [0.25, 0.3) is 0 Å². The van der Waals surface area contributed by atoms with Crippen molar-refractivity contribution in [2.45, 2.75) is 43.7 Å². The molecule has 0 aliphatic heterocycles. The Bertz CT molecular complexity index is 415. The van der Waals surface area contributed by atoms with E-state index in [4.69, 9.17) is 26.8 Å². The molecule has 12 heteroatoms. The molecule has 0 aliphatic rings. The fourth-order valence-electron chi connectivity index (χ4n) is 1.33. The van der Waals surface area contributed by atoms with Crippen LogP contribution in [0.25, 0.3) is 0 Å². The summed E-state index contributed by atoms with van der Waals surface area (Å²) in [5, 5.41) is 45.6. The van der Waals surface area contributed by atoms with E-state index in [0.29, 0.717) is 13.0 Å². The van der Waals surface area contributed by atoms with Gasteiger partial charge >= 0.3 is 49.7 Å². The quantitative estimate of drug-likeness (QED) is 0.179. The summed E-state index contributed by atoms with van der Waals surface area (Å²) in [6.45, 7) is 0.604. The average Bonchev–Trinajstić information content (AvgIpc) is 2.37. The Morgan fingerprint density at radius 3 is 1.83 bits per heavy atom. The standard InChI is InChI=1S/C6H14N2O2.C6H8O7.Ca/c7-4-2-1-3-5(8)6(9)10;7-3(8)1-6(13,5(11)12)2-4(9)10;/h5H,1-4,7-8H2,(H,9,10);13H,1-2H2,(H,7,8)(H,9,10)(H,11,12);/q;;+2/p-2. The summed E-state index contributed by atoms with van der Waals surface area (Å²) in [6.07, 6.45) is -0.400. The average molecular weight is 376 g/mol. The van der Waals surface area contributed by atoms with Gasteiger partial charge in [0.2, 0.25) is 0 Å². The number of nitrogens with two attached hydrogens (primary N) is 2. The van der Waals surface area contributed by atoms with Gasteiger partial charge in [-0.25, -0.2) is 0 Å². The Morgan fingerprint density at radius 2 is 1.54 bits per heavy atom. The van der Waals surface area contributed by atoms with E-state index < -0.39 is 48.4 Å². The first-order valence-corrected chi connectivity index (χ1v) is 6.50. The molecule has 2 unspecified atom stereocenters. The first-order chi connectivity index (χ1) is 10.5. The van der Waals surface area contributed by atoms with Crippen LogP contribution in [0.15, 0.2) is 0 Å². The smallest absolute Gasteiger partial charge is 0.550 e. The number of carboxylic acid groups (broad SMARTS) is 4. The summed E-state index contributed by atoms with van der Waals surface area (Å²) in [6, 6.07) is -0.716. The van der Waals surface area contributed by atoms with E-state index in [0.717, 1.165) is 12.8 Å². The zero-order chi connectivity index (χ0) is 18.6. The van der Waals surface area contributed by atoms with Gasteiger partial charge in [0.1, 0.15) is 11.6 Å². The van der Waals surface area contributed by atoms with Crippen molar-refractivity contribution in [3.63, 3.8) is 0 Å². The molecule has 0 saturated heterocycles. The van der Waals surface area contributed by atoms with E-state index in [2.05, 4.69) is 0 Å². The van der Waals surface area contributed by atoms with Crippen LogP contribution in [0.2, 0.25) is 0 Å². The predicted molar refractivity (Wildman–Crippen MR) is 76.1 cm³/mol. The molecule has 0 aromatic heterocycles. The van der Waals surface area contributed by atoms with Crippen LogP contribution in [0, 0.1) is 0 Å². The van der Waals surface area contributed by atoms with Gasteiger partial charge in [-0.05, 0) is 19.4 Å². The number of carbonyl (C=O) groups is 4. The van der Waals surface area contributed by atoms with Gasteiger partial charge in [-0.1, -0.05) is 6.42 Å². The maximum atomic E-state index is 10.2. The second-order valence-electron chi connectivity index (χ2n) is 4.67. The van der Waals surface area contributed by atoms with Crippen LogP contribution in [-0.2, 0) is 19.2 Å². The summed E-state index contributed by atoms with van der Waals surface area (Å²) in [5.74, 6) is -6.60. The number of aliphatic carboxylic acids is 4. The van der Waals surface area contributed by atoms with Gasteiger partial charge in [0.05, 0.1) is 12.4 Å². The molecule has 134 valence electrons. The molecule has 0 aromatic carbocycles. The van der Waals surface area contributed by atoms with Crippen LogP contribution in [0.1, 0.15) is 32.1 Å². The van der Waals surface area contributed by atoms with E-state index >= 15 is 0 Å². The normalized spacial score (nSPS) is 13.3. The zero-order valence-corrected chi connectivity index (χ0v) is 15.2. The molecule has 7 N–H and O–H groups in total. The minimum absolute atomic E-state index is 0. The molecule has 0 spiro atoms. The van der Waals surface area contributed by atoms with Gasteiger partial charge < -0.3 is 46.6 Å². The molecule has 0 amide bonds. The van der Waals surface area contributed by atoms with E-state index in [1.54, 1.807) is 0 Å². The van der Waals surface area contributed by atoms with Gasteiger partial charge in [0.15, 0.2) is 0 Å². The largest absolute Gasteiger partial charge is 2.00 e. The third-order valence-corrected chi connectivity index (χ3v) is 2.55. The third-order valence-electron chi connectivity index (χ3n) is 2.55. The first kappa shape index (κ1) is 27.8. The van der Waals surface area contributed by atoms with Crippen LogP contribution in [0.3, 0.4) is 0 Å². The monoisotopic (exact) mass is 376 g/mol. The number of hydrogen-bond donors (Lipinski definition) is 5. The van der Waals surface area contributed by atoms with Crippen LogP contribution >= 0.6 is 0 Å². The van der Waals surface area contributed by atoms with Gasteiger partial charge in [-0.15, -0.1) is 0 Å². The van der Waals surface area contributed by atoms with Gasteiger partial charge in [-0.3, -0.25) is 9.59 Å². The molecular weight excluding hydrogens is 356 g/mol. The van der Waals surface area contributed by atoms with Gasteiger partial charge in [-0.2, -0.15) is 0 Å². The number of hydrogen-bond acceptors (Lipinski definition) is 9. The molecule has 0 radical (unpaired) electrons. The number of unbranched alkanes of at least 4 members (excludes halogenated alkanes) is 1. The topological polar surface area (TPSA) is 227 Å². The molecule has 0 rings (SSSR count). The van der Waals surface area contributed by atoms with Crippen LogP contribution < -0.4 is 21.7 Å². The van der Waals surface area contributed by atoms with E-state index in [-0.39, 0.29) is 37.7 Å². The third kappa shape index (κ3) is 14.6. The van der Waals surface area contributed by atoms with Crippen LogP contribution in [0.5, 0.6) is 0 Å². The van der Waals surface area contributed by atoms with Crippen molar-refractivity contribution in [3.05, 3.63) is 0 Å². The molecule has 0 aromatic rings. The Hall–Kier alpha value is -0.980. The van der Waals surface area contributed by atoms with Crippen LogP contribution in [-0.4, -0.2) is 95.1 Å². The van der Waals surface area contributed by atoms with E-state index in [9.17, 15) is 29.4 Å². The maximum Gasteiger partial charge on any atom is 2.00 e. The minimum Gasteiger partial charge on any atom is -0.550 e. The second kappa shape index (κ2) is 14.4. The molecule has 0 aliphatic carbocycles. The predicted octanol–water partition coefficient (Wildman–Crippen LogP) is -4.77. The van der Waals surface area contributed by atoms with Crippen LogP contribution in [0.4, 0.5) is 0 Å². The Kier molecular flexibility index (Phi) is 16.7. The molecular formula is C12H20CaN2O9. The summed E-state index contributed by atoms with van der Waals surface area (Å²) < 4.78 is 0. The summed E-state index contributed by atoms with van der Waals surface area (Å²) in [5.41, 5.74) is 7.51. The number of carbonyl (C=O) groups excluding carboxylic acids is 2. The minimum atomic E-state index is -2.91. The molecule has 0 heterocycles. The molecule has 0 fully saturated rings. The fourth-order valence-corrected chi connectivity index (χ4v) is 1.33. The fraction of sp³-hybridized carbons (Fsp3) is 0.667. The van der Waals surface area contributed by atoms with Crippen molar-refractivity contribution in [1.29, 1.82) is 0 Å². The van der Waals surface area contributed by atoms with Crippen molar-refractivity contribution in [2.24, 2.45) is 11.5 Å². The zero-order valence-electron chi connectivity index (χ0n) is 13.0. The van der Waals surface area contributed by atoms with Crippen molar-refractivity contribution in [1.82, 2.24) is 0 Å². The Morgan fingerprint density at radius 1 is 1.04 bits per heavy atom. The number of aliphatic hydroxyl groups is 1. The molecule has 24 heavy (non-hydrogen) atoms. The van der Waals surface area contributed by atoms with Crippen molar-refractivity contribution in [2.75, 3.05) is 6.54 Å². The van der Waals surface area contributed by atoms with E-state index in [1.807, 2.05) is 0 Å². The second-order valence-corrected chi connectivity index (χ2v) is 4.67. The molecule has 2 atom stereocenters. The summed E-state index contributed by atoms with van der Waals surface area (Å²) >= 11 is 0. The van der Waals surface area contributed by atoms with Crippen molar-refractivity contribution >= 4 is 61.6 Å². The number of rotatable bonds is 10. The molecule has 0 saturated carbocycles. The maximum absolute atomic E-state index is 10.2. The Balaban J connectivity index is -0.000000364. The Labute approximate surface area is 167 Å². The summed E-state index contributed by atoms with van der Waals surface area (Å²) in [7, 11) is 0. The molecule has 0 bridgehead atoms. The SMILES string of the molecule is NCCCCC(N)C(=O)O.O=C([O-])CC(O)(CC(=O)O)C(=O)[O-].[Ca+2]. The van der Waals surface area contributed by atoms with E-state index in [1.165, 1.54) is 0 Å². The molecule has 11 nitrogen and oxygen atoms in total. The van der Waals surface area contributed by atoms with Crippen molar-refractivity contribution in [3.8, 4) is 0 Å².